The molecule has 0 spiro atoms. The number of rotatable bonds is 5. The van der Waals surface area contributed by atoms with E-state index in [0.29, 0.717) is 22.2 Å². The van der Waals surface area contributed by atoms with Crippen LogP contribution in [0.2, 0.25) is 5.02 Å². The standard InChI is InChI=1S/C20H16ClF2N5O3S/c1-32(30,31)8-12-18(23)17(21)16(11-5-24-27-19(11)12)9-2-3-15-25-14(7-28(15)6-9)26-20(29)10-4-13(10)22/h2-3,5-7,10,13H,4,8H2,1H3,(H,24,27)(H,26,29)/t10-,13+/m1/s1. The number of nitrogens with zero attached hydrogens (tertiary/aromatic N) is 3. The predicted octanol–water partition coefficient (Wildman–Crippen LogP) is 3.51. The second-order valence-electron chi connectivity index (χ2n) is 7.87. The Morgan fingerprint density at radius 3 is 2.81 bits per heavy atom. The number of aromatic nitrogens is 4. The van der Waals surface area contributed by atoms with Gasteiger partial charge in [0.25, 0.3) is 0 Å². The summed E-state index contributed by atoms with van der Waals surface area (Å²) in [4.78, 5) is 16.3. The van der Waals surface area contributed by atoms with Gasteiger partial charge in [-0.05, 0) is 18.6 Å². The molecule has 1 fully saturated rings. The van der Waals surface area contributed by atoms with Crippen LogP contribution < -0.4 is 5.32 Å². The van der Waals surface area contributed by atoms with Crippen LogP contribution in [0, 0.1) is 11.7 Å². The third kappa shape index (κ3) is 3.61. The zero-order valence-electron chi connectivity index (χ0n) is 16.6. The van der Waals surface area contributed by atoms with Crippen LogP contribution in [0.1, 0.15) is 12.0 Å². The highest BCUT2D eigenvalue weighted by Crippen LogP contribution is 2.40. The molecule has 2 atom stereocenters. The fraction of sp³-hybridized carbons (Fsp3) is 0.250. The zero-order chi connectivity index (χ0) is 22.8. The number of hydrogen-bond donors (Lipinski definition) is 2. The average Bonchev–Trinajstić information content (AvgIpc) is 3.10. The minimum atomic E-state index is -3.52. The first-order valence-electron chi connectivity index (χ1n) is 9.57. The van der Waals surface area contributed by atoms with Gasteiger partial charge in [-0.2, -0.15) is 5.10 Å². The predicted molar refractivity (Wildman–Crippen MR) is 115 cm³/mol. The number of pyridine rings is 1. The third-order valence-electron chi connectivity index (χ3n) is 5.33. The van der Waals surface area contributed by atoms with Gasteiger partial charge in [0.15, 0.2) is 15.7 Å². The highest BCUT2D eigenvalue weighted by Gasteiger charge is 2.43. The monoisotopic (exact) mass is 479 g/mol. The van der Waals surface area contributed by atoms with Crippen LogP contribution in [-0.4, -0.2) is 46.3 Å². The molecule has 1 aromatic carbocycles. The molecule has 2 N–H and O–H groups in total. The van der Waals surface area contributed by atoms with Crippen molar-refractivity contribution < 1.29 is 22.0 Å². The average molecular weight is 480 g/mol. The van der Waals surface area contributed by atoms with E-state index in [1.54, 1.807) is 28.9 Å². The minimum absolute atomic E-state index is 0.0753. The molecule has 0 saturated heterocycles. The Morgan fingerprint density at radius 1 is 1.38 bits per heavy atom. The van der Waals surface area contributed by atoms with Gasteiger partial charge in [0.2, 0.25) is 5.91 Å². The number of carbonyl (C=O) groups excluding carboxylic acids is 1. The van der Waals surface area contributed by atoms with Gasteiger partial charge in [0, 0.05) is 34.5 Å². The smallest absolute Gasteiger partial charge is 0.231 e. The lowest BCUT2D eigenvalue weighted by Crippen LogP contribution is -2.15. The van der Waals surface area contributed by atoms with Gasteiger partial charge in [-0.15, -0.1) is 0 Å². The van der Waals surface area contributed by atoms with Gasteiger partial charge < -0.3 is 9.72 Å². The largest absolute Gasteiger partial charge is 0.309 e. The van der Waals surface area contributed by atoms with Gasteiger partial charge in [0.1, 0.15) is 17.6 Å². The first-order valence-corrected chi connectivity index (χ1v) is 12.0. The number of alkyl halides is 1. The number of aromatic amines is 1. The van der Waals surface area contributed by atoms with Gasteiger partial charge in [0.05, 0.1) is 34.6 Å². The molecule has 12 heteroatoms. The Balaban J connectivity index is 1.58. The SMILES string of the molecule is CS(=O)(=O)Cc1c(F)c(Cl)c(-c2ccc3nc(NC(=O)[C@@H]4C[C@@H]4F)cn3c2)c2cn[nH]c12. The molecule has 0 aliphatic heterocycles. The number of halogens is 3. The van der Waals surface area contributed by atoms with Crippen LogP contribution in [0.3, 0.4) is 0 Å². The fourth-order valence-corrected chi connectivity index (χ4v) is 4.83. The Morgan fingerprint density at radius 2 is 2.12 bits per heavy atom. The second-order valence-corrected chi connectivity index (χ2v) is 10.4. The summed E-state index contributed by atoms with van der Waals surface area (Å²) < 4.78 is 53.4. The lowest BCUT2D eigenvalue weighted by atomic mass is 10.0. The van der Waals surface area contributed by atoms with Crippen LogP contribution >= 0.6 is 11.6 Å². The summed E-state index contributed by atoms with van der Waals surface area (Å²) in [5, 5.41) is 9.43. The van der Waals surface area contributed by atoms with Gasteiger partial charge in [-0.25, -0.2) is 22.2 Å². The number of anilines is 1. The number of amides is 1. The van der Waals surface area contributed by atoms with E-state index in [1.165, 1.54) is 6.20 Å². The highest BCUT2D eigenvalue weighted by atomic mass is 35.5. The highest BCUT2D eigenvalue weighted by molar-refractivity contribution is 7.89. The van der Waals surface area contributed by atoms with Gasteiger partial charge in [-0.1, -0.05) is 11.6 Å². The fourth-order valence-electron chi connectivity index (χ4n) is 3.71. The van der Waals surface area contributed by atoms with Crippen molar-refractivity contribution in [2.24, 2.45) is 5.92 Å². The summed E-state index contributed by atoms with van der Waals surface area (Å²) in [7, 11) is -3.52. The summed E-state index contributed by atoms with van der Waals surface area (Å²) in [6.07, 6.45) is 4.77. The molecule has 32 heavy (non-hydrogen) atoms. The number of carbonyl (C=O) groups is 1. The Hall–Kier alpha value is -3.05. The minimum Gasteiger partial charge on any atom is -0.309 e. The van der Waals surface area contributed by atoms with Crippen molar-refractivity contribution in [1.82, 2.24) is 19.6 Å². The van der Waals surface area contributed by atoms with E-state index in [1.807, 2.05) is 0 Å². The topological polar surface area (TPSA) is 109 Å². The molecule has 1 aliphatic carbocycles. The molecule has 1 aliphatic rings. The van der Waals surface area contributed by atoms with Crippen molar-refractivity contribution >= 4 is 49.7 Å². The molecule has 0 bridgehead atoms. The molecule has 4 aromatic rings. The quantitative estimate of drug-likeness (QED) is 0.455. The maximum Gasteiger partial charge on any atom is 0.231 e. The second kappa shape index (κ2) is 7.24. The molecule has 3 aromatic heterocycles. The molecular weight excluding hydrogens is 464 g/mol. The summed E-state index contributed by atoms with van der Waals surface area (Å²) in [5.41, 5.74) is 1.54. The van der Waals surface area contributed by atoms with Crippen molar-refractivity contribution in [2.75, 3.05) is 11.6 Å². The van der Waals surface area contributed by atoms with Gasteiger partial charge in [-0.3, -0.25) is 9.89 Å². The number of sulfone groups is 1. The summed E-state index contributed by atoms with van der Waals surface area (Å²) in [6.45, 7) is 0. The van der Waals surface area contributed by atoms with Crippen LogP contribution in [-0.2, 0) is 20.4 Å². The van der Waals surface area contributed by atoms with Gasteiger partial charge >= 0.3 is 0 Å². The number of nitrogens with one attached hydrogen (secondary N) is 2. The molecule has 0 radical (unpaired) electrons. The molecule has 8 nitrogen and oxygen atoms in total. The Labute approximate surface area is 185 Å². The van der Waals surface area contributed by atoms with Crippen LogP contribution in [0.5, 0.6) is 0 Å². The third-order valence-corrected chi connectivity index (χ3v) is 6.50. The maximum absolute atomic E-state index is 15.1. The van der Waals surface area contributed by atoms with Crippen molar-refractivity contribution in [1.29, 1.82) is 0 Å². The zero-order valence-corrected chi connectivity index (χ0v) is 18.1. The van der Waals surface area contributed by atoms with E-state index < -0.39 is 39.4 Å². The summed E-state index contributed by atoms with van der Waals surface area (Å²) in [5.74, 6) is -2.17. The van der Waals surface area contributed by atoms with E-state index in [-0.39, 0.29) is 28.3 Å². The molecular formula is C20H16ClF2N5O3S. The number of imidazole rings is 1. The summed E-state index contributed by atoms with van der Waals surface area (Å²) >= 11 is 6.35. The van der Waals surface area contributed by atoms with E-state index in [4.69, 9.17) is 11.6 Å². The van der Waals surface area contributed by atoms with Crippen molar-refractivity contribution in [2.45, 2.75) is 18.3 Å². The van der Waals surface area contributed by atoms with E-state index in [9.17, 15) is 17.6 Å². The molecule has 3 heterocycles. The first kappa shape index (κ1) is 20.8. The Kier molecular flexibility index (Phi) is 4.71. The van der Waals surface area contributed by atoms with E-state index in [2.05, 4.69) is 20.5 Å². The number of hydrogen-bond acceptors (Lipinski definition) is 5. The van der Waals surface area contributed by atoms with E-state index >= 15 is 4.39 Å². The van der Waals surface area contributed by atoms with Crippen molar-refractivity contribution in [3.63, 3.8) is 0 Å². The molecule has 1 saturated carbocycles. The lowest BCUT2D eigenvalue weighted by Gasteiger charge is -2.12. The van der Waals surface area contributed by atoms with E-state index in [0.717, 1.165) is 6.26 Å². The van der Waals surface area contributed by atoms with Crippen LogP contribution in [0.15, 0.2) is 30.7 Å². The van der Waals surface area contributed by atoms with Crippen molar-refractivity contribution in [3.05, 3.63) is 47.1 Å². The normalized spacial score (nSPS) is 18.4. The maximum atomic E-state index is 15.1. The first-order chi connectivity index (χ1) is 15.1. The van der Waals surface area contributed by atoms with Crippen molar-refractivity contribution in [3.8, 4) is 11.1 Å². The number of fused-ring (bicyclic) bond motifs is 2. The number of benzene rings is 1. The number of H-pyrrole nitrogens is 1. The Bertz CT molecular complexity index is 1510. The summed E-state index contributed by atoms with van der Waals surface area (Å²) in [6, 6.07) is 3.33. The lowest BCUT2D eigenvalue weighted by molar-refractivity contribution is -0.117. The molecule has 166 valence electrons. The van der Waals surface area contributed by atoms with Crippen LogP contribution in [0.25, 0.3) is 27.7 Å². The molecule has 5 rings (SSSR count). The molecule has 1 amide bonds. The van der Waals surface area contributed by atoms with Crippen LogP contribution in [0.4, 0.5) is 14.6 Å². The molecule has 0 unspecified atom stereocenters.